The van der Waals surface area contributed by atoms with E-state index in [0.717, 1.165) is 38.2 Å². The van der Waals surface area contributed by atoms with Gasteiger partial charge in [0.1, 0.15) is 6.10 Å². The summed E-state index contributed by atoms with van der Waals surface area (Å²) in [5.74, 6) is 0.279. The van der Waals surface area contributed by atoms with Crippen LogP contribution in [0.3, 0.4) is 0 Å². The van der Waals surface area contributed by atoms with Crippen LogP contribution in [-0.2, 0) is 6.18 Å². The zero-order valence-electron chi connectivity index (χ0n) is 11.4. The summed E-state index contributed by atoms with van der Waals surface area (Å²) in [6, 6.07) is 2.31. The fourth-order valence-corrected chi connectivity index (χ4v) is 3.16. The molecule has 1 N–H and O–H groups in total. The first-order chi connectivity index (χ1) is 9.47. The molecule has 2 aliphatic rings. The highest BCUT2D eigenvalue weighted by Gasteiger charge is 2.46. The van der Waals surface area contributed by atoms with Crippen LogP contribution in [0.25, 0.3) is 0 Å². The Morgan fingerprint density at radius 1 is 1.29 bits per heavy atom. The number of hydrogen-bond donors (Lipinski definition) is 1. The van der Waals surface area contributed by atoms with Crippen molar-refractivity contribution in [1.82, 2.24) is 10.3 Å². The van der Waals surface area contributed by atoms with Gasteiger partial charge in [0.05, 0.1) is 5.56 Å². The molecule has 1 saturated heterocycles. The predicted molar refractivity (Wildman–Crippen MR) is 74.7 cm³/mol. The highest BCUT2D eigenvalue weighted by molar-refractivity contribution is 5.85. The van der Waals surface area contributed by atoms with E-state index in [0.29, 0.717) is 5.41 Å². The molecule has 1 aliphatic heterocycles. The number of alkyl halides is 3. The van der Waals surface area contributed by atoms with Crippen LogP contribution in [0.4, 0.5) is 13.2 Å². The molecule has 3 rings (SSSR count). The van der Waals surface area contributed by atoms with E-state index in [-0.39, 0.29) is 24.4 Å². The van der Waals surface area contributed by atoms with E-state index in [9.17, 15) is 13.2 Å². The SMILES string of the molecule is Cl.FC(F)(F)c1ccc(OC2CC3(CCCNC3)C2)nc1. The molecule has 1 aliphatic carbocycles. The van der Waals surface area contributed by atoms with Gasteiger partial charge in [0.25, 0.3) is 0 Å². The fraction of sp³-hybridized carbons (Fsp3) is 0.643. The van der Waals surface area contributed by atoms with Crippen LogP contribution in [0.15, 0.2) is 18.3 Å². The molecule has 1 aromatic rings. The Kier molecular flexibility index (Phi) is 4.68. The second-order valence-corrected chi connectivity index (χ2v) is 5.81. The van der Waals surface area contributed by atoms with E-state index >= 15 is 0 Å². The maximum atomic E-state index is 12.4. The van der Waals surface area contributed by atoms with Crippen molar-refractivity contribution in [2.75, 3.05) is 13.1 Å². The van der Waals surface area contributed by atoms with Crippen molar-refractivity contribution in [3.63, 3.8) is 0 Å². The lowest BCUT2D eigenvalue weighted by atomic mass is 9.63. The third-order valence-electron chi connectivity index (χ3n) is 4.23. The van der Waals surface area contributed by atoms with Crippen molar-refractivity contribution < 1.29 is 17.9 Å². The van der Waals surface area contributed by atoms with Gasteiger partial charge in [-0.25, -0.2) is 4.98 Å². The van der Waals surface area contributed by atoms with Gasteiger partial charge in [0.2, 0.25) is 5.88 Å². The average Bonchev–Trinajstić information content (AvgIpc) is 2.38. The van der Waals surface area contributed by atoms with E-state index in [1.165, 1.54) is 18.9 Å². The van der Waals surface area contributed by atoms with Gasteiger partial charge in [0, 0.05) is 18.8 Å². The van der Waals surface area contributed by atoms with E-state index in [2.05, 4.69) is 10.3 Å². The molecule has 1 aromatic heterocycles. The molecule has 1 saturated carbocycles. The molecule has 0 unspecified atom stereocenters. The average molecular weight is 323 g/mol. The van der Waals surface area contributed by atoms with Crippen LogP contribution < -0.4 is 10.1 Å². The smallest absolute Gasteiger partial charge is 0.417 e. The van der Waals surface area contributed by atoms with Gasteiger partial charge < -0.3 is 10.1 Å². The van der Waals surface area contributed by atoms with Gasteiger partial charge in [-0.2, -0.15) is 13.2 Å². The van der Waals surface area contributed by atoms with E-state index < -0.39 is 11.7 Å². The zero-order valence-corrected chi connectivity index (χ0v) is 12.3. The Balaban J connectivity index is 0.00000161. The summed E-state index contributed by atoms with van der Waals surface area (Å²) >= 11 is 0. The van der Waals surface area contributed by atoms with E-state index in [4.69, 9.17) is 4.74 Å². The molecule has 1 spiro atoms. The minimum Gasteiger partial charge on any atom is -0.474 e. The van der Waals surface area contributed by atoms with Crippen LogP contribution in [0.2, 0.25) is 0 Å². The first kappa shape index (κ1) is 16.4. The first-order valence-electron chi connectivity index (χ1n) is 6.88. The van der Waals surface area contributed by atoms with Crippen LogP contribution in [-0.4, -0.2) is 24.2 Å². The Labute approximate surface area is 127 Å². The first-order valence-corrected chi connectivity index (χ1v) is 6.88. The summed E-state index contributed by atoms with van der Waals surface area (Å²) in [4.78, 5) is 3.74. The Hall–Kier alpha value is -1.01. The number of rotatable bonds is 2. The fourth-order valence-electron chi connectivity index (χ4n) is 3.16. The van der Waals surface area contributed by atoms with Crippen molar-refractivity contribution in [3.05, 3.63) is 23.9 Å². The van der Waals surface area contributed by atoms with Crippen LogP contribution in [0, 0.1) is 5.41 Å². The summed E-state index contributed by atoms with van der Waals surface area (Å²) in [5.41, 5.74) is -0.402. The summed E-state index contributed by atoms with van der Waals surface area (Å²) in [6.45, 7) is 2.10. The topological polar surface area (TPSA) is 34.1 Å². The highest BCUT2D eigenvalue weighted by Crippen LogP contribution is 2.47. The van der Waals surface area contributed by atoms with E-state index in [1.807, 2.05) is 0 Å². The maximum Gasteiger partial charge on any atom is 0.417 e. The third kappa shape index (κ3) is 3.61. The second-order valence-electron chi connectivity index (χ2n) is 5.81. The molecule has 21 heavy (non-hydrogen) atoms. The second kappa shape index (κ2) is 6.01. The molecule has 3 nitrogen and oxygen atoms in total. The van der Waals surface area contributed by atoms with Crippen molar-refractivity contribution >= 4 is 12.4 Å². The Morgan fingerprint density at radius 2 is 2.05 bits per heavy atom. The number of nitrogens with zero attached hydrogens (tertiary/aromatic N) is 1. The Morgan fingerprint density at radius 3 is 2.57 bits per heavy atom. The molecule has 0 bridgehead atoms. The highest BCUT2D eigenvalue weighted by atomic mass is 35.5. The quantitative estimate of drug-likeness (QED) is 0.905. The number of piperidine rings is 1. The normalized spacial score (nSPS) is 28.6. The molecule has 0 amide bonds. The minimum atomic E-state index is -4.35. The maximum absolute atomic E-state index is 12.4. The zero-order chi connectivity index (χ0) is 14.2. The van der Waals surface area contributed by atoms with Gasteiger partial charge in [-0.3, -0.25) is 0 Å². The summed E-state index contributed by atoms with van der Waals surface area (Å²) in [7, 11) is 0. The lowest BCUT2D eigenvalue weighted by molar-refractivity contribution is -0.137. The van der Waals surface area contributed by atoms with Gasteiger partial charge in [-0.05, 0) is 43.7 Å². The number of halogens is 4. The van der Waals surface area contributed by atoms with E-state index in [1.54, 1.807) is 0 Å². The van der Waals surface area contributed by atoms with Crippen molar-refractivity contribution in [3.8, 4) is 5.88 Å². The van der Waals surface area contributed by atoms with Crippen LogP contribution in [0.1, 0.15) is 31.2 Å². The minimum absolute atomic E-state index is 0. The third-order valence-corrected chi connectivity index (χ3v) is 4.23. The van der Waals surface area contributed by atoms with Gasteiger partial charge in [-0.15, -0.1) is 12.4 Å². The van der Waals surface area contributed by atoms with Gasteiger partial charge in [0.15, 0.2) is 0 Å². The number of aromatic nitrogens is 1. The van der Waals surface area contributed by atoms with Crippen molar-refractivity contribution in [2.24, 2.45) is 5.41 Å². The molecule has 2 fully saturated rings. The molecule has 0 aromatic carbocycles. The molecular formula is C14H18ClF3N2O. The van der Waals surface area contributed by atoms with Crippen LogP contribution >= 0.6 is 12.4 Å². The number of nitrogens with one attached hydrogen (secondary N) is 1. The summed E-state index contributed by atoms with van der Waals surface area (Å²) in [6.07, 6.45) is 0.877. The standard InChI is InChI=1S/C14H17F3N2O.ClH/c15-14(16,17)10-2-3-12(19-8-10)20-11-6-13(7-11)4-1-5-18-9-13;/h2-3,8,11,18H,1,4-7,9H2;1H. The molecular weight excluding hydrogens is 305 g/mol. The van der Waals surface area contributed by atoms with Gasteiger partial charge in [-0.1, -0.05) is 0 Å². The van der Waals surface area contributed by atoms with Crippen molar-refractivity contribution in [1.29, 1.82) is 0 Å². The predicted octanol–water partition coefficient (Wildman–Crippen LogP) is 3.43. The largest absolute Gasteiger partial charge is 0.474 e. The number of pyridine rings is 1. The molecule has 7 heteroatoms. The van der Waals surface area contributed by atoms with Crippen LogP contribution in [0.5, 0.6) is 5.88 Å². The molecule has 0 radical (unpaired) electrons. The Bertz CT molecular complexity index is 464. The lowest BCUT2D eigenvalue weighted by Crippen LogP contribution is -2.52. The number of ether oxygens (including phenoxy) is 1. The molecule has 2 heterocycles. The lowest BCUT2D eigenvalue weighted by Gasteiger charge is -2.49. The molecule has 118 valence electrons. The number of hydrogen-bond acceptors (Lipinski definition) is 3. The summed E-state index contributed by atoms with van der Waals surface area (Å²) < 4.78 is 42.9. The monoisotopic (exact) mass is 322 g/mol. The molecule has 0 atom stereocenters. The summed E-state index contributed by atoms with van der Waals surface area (Å²) in [5, 5.41) is 3.39. The van der Waals surface area contributed by atoms with Crippen molar-refractivity contribution in [2.45, 2.75) is 38.0 Å². The van der Waals surface area contributed by atoms with Gasteiger partial charge >= 0.3 is 6.18 Å².